The Morgan fingerprint density at radius 2 is 1.93 bits per heavy atom. The van der Waals surface area contributed by atoms with Gasteiger partial charge < -0.3 is 5.73 Å². The van der Waals surface area contributed by atoms with Crippen LogP contribution in [0.15, 0.2) is 18.2 Å². The summed E-state index contributed by atoms with van der Waals surface area (Å²) in [5.74, 6) is -0.685. The standard InChI is InChI=1S/C9H8F3NO/c1-5(14)8-6(9(10,11)12)3-2-4-7(8)13/h2-4H,13H2,1H3. The minimum absolute atomic E-state index is 0.146. The number of nitrogens with two attached hydrogens (primary N) is 1. The van der Waals surface area contributed by atoms with E-state index in [1.807, 2.05) is 0 Å². The van der Waals surface area contributed by atoms with Gasteiger partial charge in [0.1, 0.15) is 0 Å². The highest BCUT2D eigenvalue weighted by molar-refractivity contribution is 6.00. The van der Waals surface area contributed by atoms with Gasteiger partial charge in [-0.3, -0.25) is 4.79 Å². The molecular weight excluding hydrogens is 195 g/mol. The third kappa shape index (κ3) is 1.86. The van der Waals surface area contributed by atoms with Crippen molar-refractivity contribution >= 4 is 11.5 Å². The van der Waals surface area contributed by atoms with Gasteiger partial charge >= 0.3 is 6.18 Å². The lowest BCUT2D eigenvalue weighted by Crippen LogP contribution is -2.13. The Labute approximate surface area is 78.5 Å². The molecule has 76 valence electrons. The van der Waals surface area contributed by atoms with Crippen LogP contribution in [-0.2, 0) is 6.18 Å². The first-order valence-corrected chi connectivity index (χ1v) is 3.80. The van der Waals surface area contributed by atoms with Crippen molar-refractivity contribution in [2.45, 2.75) is 13.1 Å². The Balaban J connectivity index is 3.44. The van der Waals surface area contributed by atoms with Gasteiger partial charge in [-0.15, -0.1) is 0 Å². The maximum absolute atomic E-state index is 12.4. The van der Waals surface area contributed by atoms with Crippen molar-refractivity contribution in [2.24, 2.45) is 0 Å². The van der Waals surface area contributed by atoms with Crippen LogP contribution < -0.4 is 5.73 Å². The third-order valence-corrected chi connectivity index (χ3v) is 1.75. The highest BCUT2D eigenvalue weighted by Crippen LogP contribution is 2.34. The number of nitrogen functional groups attached to an aromatic ring is 1. The lowest BCUT2D eigenvalue weighted by molar-refractivity contribution is -0.137. The molecule has 2 nitrogen and oxygen atoms in total. The molecular formula is C9H8F3NO. The van der Waals surface area contributed by atoms with Crippen molar-refractivity contribution in [3.63, 3.8) is 0 Å². The van der Waals surface area contributed by atoms with Gasteiger partial charge in [0.15, 0.2) is 5.78 Å². The Bertz CT molecular complexity index is 371. The summed E-state index contributed by atoms with van der Waals surface area (Å²) < 4.78 is 37.1. The minimum Gasteiger partial charge on any atom is -0.398 e. The zero-order chi connectivity index (χ0) is 10.9. The second-order valence-corrected chi connectivity index (χ2v) is 2.82. The molecule has 0 spiro atoms. The molecule has 0 aliphatic heterocycles. The van der Waals surface area contributed by atoms with Gasteiger partial charge in [-0.1, -0.05) is 6.07 Å². The zero-order valence-corrected chi connectivity index (χ0v) is 7.35. The number of hydrogen-bond acceptors (Lipinski definition) is 2. The van der Waals surface area contributed by atoms with Gasteiger partial charge in [0, 0.05) is 5.69 Å². The average Bonchev–Trinajstić information content (AvgIpc) is 2.01. The minimum atomic E-state index is -4.55. The second-order valence-electron chi connectivity index (χ2n) is 2.82. The fourth-order valence-corrected chi connectivity index (χ4v) is 1.20. The zero-order valence-electron chi connectivity index (χ0n) is 7.35. The molecule has 1 aromatic rings. The quantitative estimate of drug-likeness (QED) is 0.562. The maximum atomic E-state index is 12.4. The van der Waals surface area contributed by atoms with Crippen molar-refractivity contribution in [3.8, 4) is 0 Å². The van der Waals surface area contributed by atoms with Crippen LogP contribution in [0, 0.1) is 0 Å². The summed E-state index contributed by atoms with van der Waals surface area (Å²) in [6, 6.07) is 3.28. The van der Waals surface area contributed by atoms with Gasteiger partial charge in [0.05, 0.1) is 11.1 Å². The number of hydrogen-bond donors (Lipinski definition) is 1. The van der Waals surface area contributed by atoms with E-state index in [0.717, 1.165) is 13.0 Å². The molecule has 0 amide bonds. The summed E-state index contributed by atoms with van der Waals surface area (Å²) in [6.07, 6.45) is -4.55. The molecule has 0 fully saturated rings. The van der Waals surface area contributed by atoms with E-state index in [-0.39, 0.29) is 5.69 Å². The number of rotatable bonds is 1. The van der Waals surface area contributed by atoms with Crippen LogP contribution in [0.2, 0.25) is 0 Å². The van der Waals surface area contributed by atoms with Crippen LogP contribution in [0.25, 0.3) is 0 Å². The molecule has 1 aromatic carbocycles. The molecule has 0 saturated carbocycles. The smallest absolute Gasteiger partial charge is 0.398 e. The van der Waals surface area contributed by atoms with Crippen LogP contribution in [0.3, 0.4) is 0 Å². The Kier molecular flexibility index (Phi) is 2.51. The number of halogens is 3. The maximum Gasteiger partial charge on any atom is 0.417 e. The van der Waals surface area contributed by atoms with E-state index in [1.165, 1.54) is 12.1 Å². The number of carbonyl (C=O) groups is 1. The first-order valence-electron chi connectivity index (χ1n) is 3.80. The lowest BCUT2D eigenvalue weighted by Gasteiger charge is -2.12. The Morgan fingerprint density at radius 1 is 1.36 bits per heavy atom. The van der Waals surface area contributed by atoms with E-state index in [9.17, 15) is 18.0 Å². The summed E-state index contributed by atoms with van der Waals surface area (Å²) in [5, 5.41) is 0. The molecule has 0 atom stereocenters. The fraction of sp³-hybridized carbons (Fsp3) is 0.222. The van der Waals surface area contributed by atoms with E-state index in [1.54, 1.807) is 0 Å². The molecule has 0 bridgehead atoms. The van der Waals surface area contributed by atoms with Crippen molar-refractivity contribution in [3.05, 3.63) is 29.3 Å². The van der Waals surface area contributed by atoms with Crippen LogP contribution in [0.1, 0.15) is 22.8 Å². The molecule has 5 heteroatoms. The summed E-state index contributed by atoms with van der Waals surface area (Å²) in [7, 11) is 0. The number of alkyl halides is 3. The van der Waals surface area contributed by atoms with E-state index in [2.05, 4.69) is 0 Å². The molecule has 1 rings (SSSR count). The first kappa shape index (κ1) is 10.6. The number of Topliss-reactive ketones (excluding diaryl/α,β-unsaturated/α-hetero) is 1. The van der Waals surface area contributed by atoms with Gasteiger partial charge in [-0.2, -0.15) is 13.2 Å². The predicted octanol–water partition coefficient (Wildman–Crippen LogP) is 2.49. The van der Waals surface area contributed by atoms with Crippen molar-refractivity contribution in [1.29, 1.82) is 0 Å². The SMILES string of the molecule is CC(=O)c1c(N)cccc1C(F)(F)F. The van der Waals surface area contributed by atoms with Crippen LogP contribution in [0.5, 0.6) is 0 Å². The summed E-state index contributed by atoms with van der Waals surface area (Å²) in [4.78, 5) is 11.0. The molecule has 0 saturated heterocycles. The van der Waals surface area contributed by atoms with E-state index in [4.69, 9.17) is 5.73 Å². The van der Waals surface area contributed by atoms with Crippen molar-refractivity contribution in [1.82, 2.24) is 0 Å². The number of anilines is 1. The highest BCUT2D eigenvalue weighted by atomic mass is 19.4. The number of carbonyl (C=O) groups excluding carboxylic acids is 1. The van der Waals surface area contributed by atoms with Gasteiger partial charge in [-0.25, -0.2) is 0 Å². The Hall–Kier alpha value is -1.52. The van der Waals surface area contributed by atoms with Crippen molar-refractivity contribution < 1.29 is 18.0 Å². The third-order valence-electron chi connectivity index (χ3n) is 1.75. The number of ketones is 1. The summed E-state index contributed by atoms with van der Waals surface area (Å²) in [6.45, 7) is 1.06. The first-order chi connectivity index (χ1) is 6.34. The normalized spacial score (nSPS) is 11.4. The lowest BCUT2D eigenvalue weighted by atomic mass is 10.0. The average molecular weight is 203 g/mol. The van der Waals surface area contributed by atoms with E-state index in [0.29, 0.717) is 0 Å². The van der Waals surface area contributed by atoms with E-state index >= 15 is 0 Å². The molecule has 0 aromatic heterocycles. The summed E-state index contributed by atoms with van der Waals surface area (Å²) >= 11 is 0. The monoisotopic (exact) mass is 203 g/mol. The molecule has 2 N–H and O–H groups in total. The topological polar surface area (TPSA) is 43.1 Å². The summed E-state index contributed by atoms with van der Waals surface area (Å²) in [5.41, 5.74) is 3.71. The Morgan fingerprint density at radius 3 is 2.29 bits per heavy atom. The second kappa shape index (κ2) is 3.32. The van der Waals surface area contributed by atoms with Crippen LogP contribution in [-0.4, -0.2) is 5.78 Å². The van der Waals surface area contributed by atoms with Gasteiger partial charge in [-0.05, 0) is 19.1 Å². The molecule has 0 aliphatic carbocycles. The van der Waals surface area contributed by atoms with Crippen LogP contribution in [0.4, 0.5) is 18.9 Å². The molecule has 0 radical (unpaired) electrons. The molecule has 0 aliphatic rings. The fourth-order valence-electron chi connectivity index (χ4n) is 1.20. The predicted molar refractivity (Wildman–Crippen MR) is 45.9 cm³/mol. The number of benzene rings is 1. The van der Waals surface area contributed by atoms with E-state index < -0.39 is 23.1 Å². The highest BCUT2D eigenvalue weighted by Gasteiger charge is 2.35. The molecule has 14 heavy (non-hydrogen) atoms. The van der Waals surface area contributed by atoms with Crippen LogP contribution >= 0.6 is 0 Å². The van der Waals surface area contributed by atoms with Gasteiger partial charge in [0.2, 0.25) is 0 Å². The largest absolute Gasteiger partial charge is 0.417 e. The molecule has 0 heterocycles. The van der Waals surface area contributed by atoms with Gasteiger partial charge in [0.25, 0.3) is 0 Å². The molecule has 0 unspecified atom stereocenters. The van der Waals surface area contributed by atoms with Crippen molar-refractivity contribution in [2.75, 3.05) is 5.73 Å².